The maximum absolute atomic E-state index is 14.3. The van der Waals surface area contributed by atoms with Crippen molar-refractivity contribution >= 4 is 27.5 Å². The first kappa shape index (κ1) is 33.6. The van der Waals surface area contributed by atoms with E-state index in [0.29, 0.717) is 17.9 Å². The minimum absolute atomic E-state index is 0.0757. The quantitative estimate of drug-likeness (QED) is 0.241. The van der Waals surface area contributed by atoms with Crippen LogP contribution in [-0.2, 0) is 26.2 Å². The fraction of sp³-hybridized carbons (Fsp3) is 0.412. The van der Waals surface area contributed by atoms with E-state index >= 15 is 0 Å². The summed E-state index contributed by atoms with van der Waals surface area (Å²) in [5, 5.41) is 3.00. The van der Waals surface area contributed by atoms with Crippen molar-refractivity contribution in [1.82, 2.24) is 10.2 Å². The molecule has 232 valence electrons. The molecule has 3 aromatic rings. The molecule has 8 nitrogen and oxygen atoms in total. The van der Waals surface area contributed by atoms with Crippen molar-refractivity contribution in [2.75, 3.05) is 18.0 Å². The van der Waals surface area contributed by atoms with Gasteiger partial charge in [-0.1, -0.05) is 69.7 Å². The molecular formula is C34H45N3O5S. The number of anilines is 1. The summed E-state index contributed by atoms with van der Waals surface area (Å²) in [5.74, 6) is 0.112. The van der Waals surface area contributed by atoms with Gasteiger partial charge < -0.3 is 15.0 Å². The van der Waals surface area contributed by atoms with Crippen LogP contribution in [0, 0.1) is 6.92 Å². The molecule has 0 saturated heterocycles. The van der Waals surface area contributed by atoms with E-state index < -0.39 is 28.5 Å². The highest BCUT2D eigenvalue weighted by Gasteiger charge is 2.34. The van der Waals surface area contributed by atoms with Crippen LogP contribution >= 0.6 is 0 Å². The Bertz CT molecular complexity index is 1470. The average molecular weight is 608 g/mol. The van der Waals surface area contributed by atoms with Crippen molar-refractivity contribution in [2.24, 2.45) is 0 Å². The van der Waals surface area contributed by atoms with Gasteiger partial charge in [0.15, 0.2) is 0 Å². The highest BCUT2D eigenvalue weighted by Crippen LogP contribution is 2.27. The number of carbonyl (C=O) groups is 2. The van der Waals surface area contributed by atoms with Gasteiger partial charge in [0.1, 0.15) is 18.3 Å². The topological polar surface area (TPSA) is 96.0 Å². The molecule has 0 saturated carbocycles. The van der Waals surface area contributed by atoms with E-state index in [2.05, 4.69) is 19.2 Å². The predicted molar refractivity (Wildman–Crippen MR) is 172 cm³/mol. The standard InChI is InChI=1S/C34H45N3O5S/c1-8-26(6)35-34(39)32(9-2)36(22-27-11-10-12-30(21-27)42-7)33(38)23-37(29-17-15-28(16-18-29)24(3)4)43(40,41)31-19-13-25(5)14-20-31/h10-21,24,26,32H,8-9,22-23H2,1-7H3,(H,35,39)/t26-,32-/m0/s1. The summed E-state index contributed by atoms with van der Waals surface area (Å²) in [5.41, 5.74) is 3.11. The SMILES string of the molecule is CC[C@H](C)NC(=O)[C@H](CC)N(Cc1cccc(OC)c1)C(=O)CN(c1ccc(C(C)C)cc1)S(=O)(=O)c1ccc(C)cc1. The summed E-state index contributed by atoms with van der Waals surface area (Å²) in [4.78, 5) is 29.3. The van der Waals surface area contributed by atoms with E-state index in [-0.39, 0.29) is 29.3 Å². The number of hydrogen-bond donors (Lipinski definition) is 1. The number of aryl methyl sites for hydroxylation is 1. The zero-order chi connectivity index (χ0) is 31.7. The number of nitrogens with one attached hydrogen (secondary N) is 1. The van der Waals surface area contributed by atoms with Crippen LogP contribution in [0.25, 0.3) is 0 Å². The van der Waals surface area contributed by atoms with Crippen LogP contribution in [-0.4, -0.2) is 50.9 Å². The minimum atomic E-state index is -4.13. The summed E-state index contributed by atoms with van der Waals surface area (Å²) in [6.45, 7) is 11.4. The Labute approximate surface area is 257 Å². The molecule has 0 spiro atoms. The second-order valence-corrected chi connectivity index (χ2v) is 13.0. The molecule has 0 aromatic heterocycles. The Morgan fingerprint density at radius 2 is 1.56 bits per heavy atom. The average Bonchev–Trinajstić information content (AvgIpc) is 2.99. The van der Waals surface area contributed by atoms with Gasteiger partial charge in [0, 0.05) is 12.6 Å². The van der Waals surface area contributed by atoms with Crippen molar-refractivity contribution in [2.45, 2.75) is 83.8 Å². The Kier molecular flexibility index (Phi) is 11.8. The molecular weight excluding hydrogens is 562 g/mol. The third-order valence-electron chi connectivity index (χ3n) is 7.61. The fourth-order valence-electron chi connectivity index (χ4n) is 4.72. The number of hydrogen-bond acceptors (Lipinski definition) is 5. The molecule has 0 radical (unpaired) electrons. The molecule has 9 heteroatoms. The molecule has 0 aliphatic heterocycles. The lowest BCUT2D eigenvalue weighted by molar-refractivity contribution is -0.140. The Hall–Kier alpha value is -3.85. The van der Waals surface area contributed by atoms with Crippen LogP contribution in [0.2, 0.25) is 0 Å². The van der Waals surface area contributed by atoms with Gasteiger partial charge in [0.25, 0.3) is 10.0 Å². The Balaban J connectivity index is 2.08. The van der Waals surface area contributed by atoms with Crippen molar-refractivity contribution in [3.8, 4) is 5.75 Å². The number of nitrogens with zero attached hydrogens (tertiary/aromatic N) is 2. The fourth-order valence-corrected chi connectivity index (χ4v) is 6.13. The molecule has 2 atom stereocenters. The van der Waals surface area contributed by atoms with Crippen LogP contribution in [0.15, 0.2) is 77.7 Å². The number of methoxy groups -OCH3 is 1. The molecule has 0 bridgehead atoms. The Morgan fingerprint density at radius 1 is 0.907 bits per heavy atom. The van der Waals surface area contributed by atoms with E-state index in [0.717, 1.165) is 27.4 Å². The highest BCUT2D eigenvalue weighted by atomic mass is 32.2. The van der Waals surface area contributed by atoms with Crippen molar-refractivity contribution < 1.29 is 22.7 Å². The zero-order valence-corrected chi connectivity index (χ0v) is 27.1. The maximum Gasteiger partial charge on any atom is 0.264 e. The van der Waals surface area contributed by atoms with Gasteiger partial charge >= 0.3 is 0 Å². The molecule has 0 unspecified atom stereocenters. The van der Waals surface area contributed by atoms with Gasteiger partial charge in [-0.05, 0) is 80.1 Å². The normalized spacial score (nSPS) is 12.8. The number of ether oxygens (including phenoxy) is 1. The van der Waals surface area contributed by atoms with Crippen LogP contribution in [0.4, 0.5) is 5.69 Å². The summed E-state index contributed by atoms with van der Waals surface area (Å²) < 4.78 is 34.7. The van der Waals surface area contributed by atoms with Gasteiger partial charge in [0.05, 0.1) is 17.7 Å². The number of amides is 2. The van der Waals surface area contributed by atoms with Gasteiger partial charge in [-0.25, -0.2) is 8.42 Å². The number of sulfonamides is 1. The highest BCUT2D eigenvalue weighted by molar-refractivity contribution is 7.92. The molecule has 3 rings (SSSR count). The molecule has 3 aromatic carbocycles. The summed E-state index contributed by atoms with van der Waals surface area (Å²) in [6.07, 6.45) is 1.09. The largest absolute Gasteiger partial charge is 0.497 e. The van der Waals surface area contributed by atoms with Gasteiger partial charge in [-0.2, -0.15) is 0 Å². The first-order valence-corrected chi connectivity index (χ1v) is 16.3. The van der Waals surface area contributed by atoms with Gasteiger partial charge in [-0.15, -0.1) is 0 Å². The summed E-state index contributed by atoms with van der Waals surface area (Å²) in [6, 6.07) is 20.2. The zero-order valence-electron chi connectivity index (χ0n) is 26.3. The smallest absolute Gasteiger partial charge is 0.264 e. The maximum atomic E-state index is 14.3. The predicted octanol–water partition coefficient (Wildman–Crippen LogP) is 6.04. The Morgan fingerprint density at radius 3 is 2.12 bits per heavy atom. The molecule has 1 N–H and O–H groups in total. The number of carbonyl (C=O) groups excluding carboxylic acids is 2. The van der Waals surface area contributed by atoms with Crippen molar-refractivity contribution in [3.05, 3.63) is 89.5 Å². The third kappa shape index (κ3) is 8.60. The molecule has 2 amide bonds. The van der Waals surface area contributed by atoms with Crippen LogP contribution in [0.5, 0.6) is 5.75 Å². The number of benzene rings is 3. The lowest BCUT2D eigenvalue weighted by Crippen LogP contribution is -2.53. The molecule has 43 heavy (non-hydrogen) atoms. The first-order valence-electron chi connectivity index (χ1n) is 14.8. The number of rotatable bonds is 14. The summed E-state index contributed by atoms with van der Waals surface area (Å²) in [7, 11) is -2.56. The lowest BCUT2D eigenvalue weighted by Gasteiger charge is -2.34. The van der Waals surface area contributed by atoms with Crippen LogP contribution in [0.3, 0.4) is 0 Å². The monoisotopic (exact) mass is 607 g/mol. The lowest BCUT2D eigenvalue weighted by atomic mass is 10.0. The van der Waals surface area contributed by atoms with Crippen molar-refractivity contribution in [1.29, 1.82) is 0 Å². The second kappa shape index (κ2) is 15.0. The molecule has 0 aliphatic rings. The first-order chi connectivity index (χ1) is 20.4. The van der Waals surface area contributed by atoms with E-state index in [4.69, 9.17) is 4.74 Å². The van der Waals surface area contributed by atoms with Crippen LogP contribution in [0.1, 0.15) is 70.1 Å². The second-order valence-electron chi connectivity index (χ2n) is 11.2. The van der Waals surface area contributed by atoms with Gasteiger partial charge in [-0.3, -0.25) is 13.9 Å². The summed E-state index contributed by atoms with van der Waals surface area (Å²) >= 11 is 0. The van der Waals surface area contributed by atoms with Crippen molar-refractivity contribution in [3.63, 3.8) is 0 Å². The van der Waals surface area contributed by atoms with E-state index in [9.17, 15) is 18.0 Å². The molecule has 0 aliphatic carbocycles. The van der Waals surface area contributed by atoms with Gasteiger partial charge in [0.2, 0.25) is 11.8 Å². The van der Waals surface area contributed by atoms with E-state index in [1.807, 2.05) is 58.0 Å². The minimum Gasteiger partial charge on any atom is -0.497 e. The molecule has 0 heterocycles. The third-order valence-corrected chi connectivity index (χ3v) is 9.40. The molecule has 0 fully saturated rings. The van der Waals surface area contributed by atoms with Crippen LogP contribution < -0.4 is 14.4 Å². The van der Waals surface area contributed by atoms with E-state index in [1.54, 1.807) is 49.6 Å². The van der Waals surface area contributed by atoms with E-state index in [1.165, 1.54) is 4.90 Å².